The van der Waals surface area contributed by atoms with Crippen molar-refractivity contribution < 1.29 is 0 Å². The molecule has 0 aliphatic carbocycles. The molecule has 2 heteroatoms. The van der Waals surface area contributed by atoms with Crippen LogP contribution in [0.1, 0.15) is 11.1 Å². The van der Waals surface area contributed by atoms with E-state index in [0.29, 0.717) is 0 Å². The highest BCUT2D eigenvalue weighted by Crippen LogP contribution is 2.41. The van der Waals surface area contributed by atoms with Crippen LogP contribution in [0.25, 0.3) is 61.5 Å². The number of benzene rings is 8. The summed E-state index contributed by atoms with van der Waals surface area (Å²) in [7, 11) is 0. The lowest BCUT2D eigenvalue weighted by Gasteiger charge is -2.25. The van der Waals surface area contributed by atoms with Crippen molar-refractivity contribution in [2.24, 2.45) is 0 Å². The Morgan fingerprint density at radius 2 is 0.940 bits per heavy atom. The van der Waals surface area contributed by atoms with Gasteiger partial charge in [0.25, 0.3) is 0 Å². The molecule has 0 aliphatic heterocycles. The Balaban J connectivity index is 1.21. The van der Waals surface area contributed by atoms with E-state index in [2.05, 4.69) is 210 Å². The van der Waals surface area contributed by atoms with E-state index in [9.17, 15) is 0 Å². The summed E-state index contributed by atoms with van der Waals surface area (Å²) in [6.45, 7) is 0. The Labute approximate surface area is 292 Å². The van der Waals surface area contributed by atoms with E-state index in [1.165, 1.54) is 49.3 Å². The second-order valence-corrected chi connectivity index (χ2v) is 12.6. The van der Waals surface area contributed by atoms with E-state index in [0.717, 1.165) is 28.3 Å². The average molecular weight is 639 g/mol. The summed E-state index contributed by atoms with van der Waals surface area (Å²) in [6.07, 6.45) is 4.33. The van der Waals surface area contributed by atoms with E-state index in [4.69, 9.17) is 0 Å². The number of para-hydroxylation sites is 2. The van der Waals surface area contributed by atoms with Gasteiger partial charge in [0.1, 0.15) is 0 Å². The summed E-state index contributed by atoms with van der Waals surface area (Å²) < 4.78 is 2.39. The standard InChI is InChI=1S/C48H34N2/c1-4-13-35(14-5-1)23-24-36-25-28-41(29-26-36)49(39-17-6-2-7-18-39)42-30-32-48-46(34-42)45-33-38(44-22-12-16-37-15-10-11-21-43(37)44)27-31-47(45)50(48)40-19-8-3-9-20-40/h1-34H/b24-23+. The van der Waals surface area contributed by atoms with Crippen molar-refractivity contribution in [3.8, 4) is 16.8 Å². The lowest BCUT2D eigenvalue weighted by Crippen LogP contribution is -2.09. The van der Waals surface area contributed by atoms with E-state index < -0.39 is 0 Å². The maximum absolute atomic E-state index is 2.39. The lowest BCUT2D eigenvalue weighted by molar-refractivity contribution is 1.18. The topological polar surface area (TPSA) is 8.17 Å². The molecular weight excluding hydrogens is 605 g/mol. The Hall–Kier alpha value is -6.64. The predicted molar refractivity (Wildman–Crippen MR) is 214 cm³/mol. The minimum Gasteiger partial charge on any atom is -0.310 e. The molecule has 0 N–H and O–H groups in total. The molecule has 236 valence electrons. The fourth-order valence-electron chi connectivity index (χ4n) is 7.17. The van der Waals surface area contributed by atoms with Crippen LogP contribution in [-0.2, 0) is 0 Å². The third kappa shape index (κ3) is 5.43. The zero-order chi connectivity index (χ0) is 33.3. The van der Waals surface area contributed by atoms with E-state index in [1.54, 1.807) is 0 Å². The maximum Gasteiger partial charge on any atom is 0.0542 e. The van der Waals surface area contributed by atoms with Gasteiger partial charge in [-0.25, -0.2) is 0 Å². The highest BCUT2D eigenvalue weighted by atomic mass is 15.1. The molecule has 9 rings (SSSR count). The average Bonchev–Trinajstić information content (AvgIpc) is 3.51. The fourth-order valence-corrected chi connectivity index (χ4v) is 7.17. The number of hydrogen-bond donors (Lipinski definition) is 0. The van der Waals surface area contributed by atoms with Gasteiger partial charge in [0.05, 0.1) is 11.0 Å². The van der Waals surface area contributed by atoms with Crippen molar-refractivity contribution in [1.29, 1.82) is 0 Å². The van der Waals surface area contributed by atoms with Crippen molar-refractivity contribution in [2.45, 2.75) is 0 Å². The Morgan fingerprint density at radius 1 is 0.380 bits per heavy atom. The van der Waals surface area contributed by atoms with Crippen molar-refractivity contribution in [1.82, 2.24) is 4.57 Å². The summed E-state index contributed by atoms with van der Waals surface area (Å²) in [5, 5.41) is 4.95. The minimum atomic E-state index is 1.11. The molecule has 0 bridgehead atoms. The number of hydrogen-bond acceptors (Lipinski definition) is 1. The number of rotatable bonds is 7. The van der Waals surface area contributed by atoms with E-state index in [-0.39, 0.29) is 0 Å². The first-order valence-electron chi connectivity index (χ1n) is 17.1. The second kappa shape index (κ2) is 12.8. The smallest absolute Gasteiger partial charge is 0.0542 e. The molecule has 0 saturated heterocycles. The molecular formula is C48H34N2. The number of fused-ring (bicyclic) bond motifs is 4. The van der Waals surface area contributed by atoms with Gasteiger partial charge in [-0.2, -0.15) is 0 Å². The first-order valence-corrected chi connectivity index (χ1v) is 17.1. The predicted octanol–water partition coefficient (Wildman–Crippen LogP) is 13.2. The van der Waals surface area contributed by atoms with Gasteiger partial charge in [0.15, 0.2) is 0 Å². The van der Waals surface area contributed by atoms with Gasteiger partial charge >= 0.3 is 0 Å². The molecule has 50 heavy (non-hydrogen) atoms. The molecule has 0 saturated carbocycles. The van der Waals surface area contributed by atoms with Crippen molar-refractivity contribution in [3.63, 3.8) is 0 Å². The van der Waals surface area contributed by atoms with Crippen molar-refractivity contribution >= 4 is 61.8 Å². The third-order valence-corrected chi connectivity index (χ3v) is 9.56. The largest absolute Gasteiger partial charge is 0.310 e. The molecule has 0 spiro atoms. The molecule has 8 aromatic carbocycles. The molecule has 0 fully saturated rings. The van der Waals surface area contributed by atoms with Crippen molar-refractivity contribution in [3.05, 3.63) is 205 Å². The molecule has 2 nitrogen and oxygen atoms in total. The number of anilines is 3. The van der Waals surface area contributed by atoms with Gasteiger partial charge in [-0.1, -0.05) is 140 Å². The second-order valence-electron chi connectivity index (χ2n) is 12.6. The van der Waals surface area contributed by atoms with Crippen LogP contribution in [0.4, 0.5) is 17.1 Å². The summed E-state index contributed by atoms with van der Waals surface area (Å²) in [5.41, 5.74) is 11.7. The first-order chi connectivity index (χ1) is 24.8. The summed E-state index contributed by atoms with van der Waals surface area (Å²) in [4.78, 5) is 2.35. The van der Waals surface area contributed by atoms with E-state index >= 15 is 0 Å². The van der Waals surface area contributed by atoms with Gasteiger partial charge < -0.3 is 9.47 Å². The SMILES string of the molecule is C(=C\c1ccc(N(c2ccccc2)c2ccc3c(c2)c2cc(-c4cccc5ccccc45)ccc2n3-c2ccccc2)cc1)/c1ccccc1. The fraction of sp³-hybridized carbons (Fsp3) is 0. The van der Waals surface area contributed by atoms with Crippen LogP contribution in [0, 0.1) is 0 Å². The zero-order valence-corrected chi connectivity index (χ0v) is 27.5. The lowest BCUT2D eigenvalue weighted by atomic mass is 9.97. The molecule has 1 aromatic heterocycles. The van der Waals surface area contributed by atoms with Crippen molar-refractivity contribution in [2.75, 3.05) is 4.90 Å². The normalized spacial score (nSPS) is 11.5. The highest BCUT2D eigenvalue weighted by Gasteiger charge is 2.18. The molecule has 9 aromatic rings. The van der Waals surface area contributed by atoms with Gasteiger partial charge in [-0.05, 0) is 99.8 Å². The van der Waals surface area contributed by atoms with Gasteiger partial charge in [0.2, 0.25) is 0 Å². The van der Waals surface area contributed by atoms with Crippen LogP contribution >= 0.6 is 0 Å². The molecule has 0 atom stereocenters. The van der Waals surface area contributed by atoms with Gasteiger partial charge in [0, 0.05) is 33.5 Å². The molecule has 0 radical (unpaired) electrons. The summed E-state index contributed by atoms with van der Waals surface area (Å²) >= 11 is 0. The third-order valence-electron chi connectivity index (χ3n) is 9.56. The number of nitrogens with zero attached hydrogens (tertiary/aromatic N) is 2. The maximum atomic E-state index is 2.39. The Morgan fingerprint density at radius 3 is 1.70 bits per heavy atom. The Bertz CT molecular complexity index is 2610. The van der Waals surface area contributed by atoms with Crippen LogP contribution in [0.5, 0.6) is 0 Å². The first kappa shape index (κ1) is 29.5. The monoisotopic (exact) mass is 638 g/mol. The van der Waals surface area contributed by atoms with Crippen LogP contribution in [0.15, 0.2) is 194 Å². The molecule has 0 amide bonds. The van der Waals surface area contributed by atoms with Crippen LogP contribution in [-0.4, -0.2) is 4.57 Å². The zero-order valence-electron chi connectivity index (χ0n) is 27.5. The summed E-state index contributed by atoms with van der Waals surface area (Å²) in [6, 6.07) is 69.6. The van der Waals surface area contributed by atoms with Gasteiger partial charge in [-0.3, -0.25) is 0 Å². The molecule has 0 unspecified atom stereocenters. The summed E-state index contributed by atoms with van der Waals surface area (Å²) in [5.74, 6) is 0. The minimum absolute atomic E-state index is 1.11. The Kier molecular flexibility index (Phi) is 7.53. The quantitative estimate of drug-likeness (QED) is 0.158. The molecule has 0 aliphatic rings. The highest BCUT2D eigenvalue weighted by molar-refractivity contribution is 6.12. The van der Waals surface area contributed by atoms with Gasteiger partial charge in [-0.15, -0.1) is 0 Å². The number of aromatic nitrogens is 1. The van der Waals surface area contributed by atoms with Crippen LogP contribution in [0.3, 0.4) is 0 Å². The van der Waals surface area contributed by atoms with Crippen LogP contribution in [0.2, 0.25) is 0 Å². The van der Waals surface area contributed by atoms with E-state index in [1.807, 2.05) is 6.07 Å². The molecule has 1 heterocycles. The van der Waals surface area contributed by atoms with Crippen LogP contribution < -0.4 is 4.90 Å².